The monoisotopic (exact) mass is 355 g/mol. The number of aryl methyl sites for hydroxylation is 4. The fraction of sp³-hybridized carbons (Fsp3) is 0.579. The topological polar surface area (TPSA) is 83.9 Å². The number of carbonyl (C=O) groups is 1. The summed E-state index contributed by atoms with van der Waals surface area (Å²) < 4.78 is 1.56. The molecule has 2 aliphatic rings. The standard InChI is InChI=1S/C19H25N5O2/c1-12-18(13(2)21-20-12)19(26)23-9-5-7-15(23)11-24-17(25)10-14-6-3-4-8-16(14)22-24/h10,15H,3-9,11H2,1-2H3,(H,20,21). The third kappa shape index (κ3) is 2.95. The number of amides is 1. The molecule has 0 spiro atoms. The highest BCUT2D eigenvalue weighted by atomic mass is 16.2. The minimum atomic E-state index is -0.0550. The van der Waals surface area contributed by atoms with E-state index in [1.807, 2.05) is 18.7 Å². The lowest BCUT2D eigenvalue weighted by Crippen LogP contribution is -2.41. The quantitative estimate of drug-likeness (QED) is 0.909. The molecule has 1 fully saturated rings. The molecule has 1 amide bonds. The number of likely N-dealkylation sites (tertiary alicyclic amines) is 1. The Bertz CT molecular complexity index is 878. The van der Waals surface area contributed by atoms with Crippen LogP contribution >= 0.6 is 0 Å². The summed E-state index contributed by atoms with van der Waals surface area (Å²) in [5.74, 6) is 0.00209. The molecular formula is C19H25N5O2. The second-order valence-corrected chi connectivity index (χ2v) is 7.45. The lowest BCUT2D eigenvalue weighted by Gasteiger charge is -2.25. The third-order valence-corrected chi connectivity index (χ3v) is 5.64. The average Bonchev–Trinajstić information content (AvgIpc) is 3.21. The molecule has 26 heavy (non-hydrogen) atoms. The van der Waals surface area contributed by atoms with Gasteiger partial charge < -0.3 is 4.90 Å². The van der Waals surface area contributed by atoms with Crippen LogP contribution in [0.25, 0.3) is 0 Å². The van der Waals surface area contributed by atoms with E-state index in [4.69, 9.17) is 0 Å². The van der Waals surface area contributed by atoms with Crippen molar-refractivity contribution in [3.8, 4) is 0 Å². The van der Waals surface area contributed by atoms with E-state index in [1.165, 1.54) is 0 Å². The Balaban J connectivity index is 1.58. The number of aromatic nitrogens is 4. The third-order valence-electron chi connectivity index (χ3n) is 5.64. The molecule has 2 aromatic heterocycles. The van der Waals surface area contributed by atoms with Gasteiger partial charge in [-0.05, 0) is 57.9 Å². The summed E-state index contributed by atoms with van der Waals surface area (Å²) in [4.78, 5) is 27.4. The van der Waals surface area contributed by atoms with Crippen molar-refractivity contribution < 1.29 is 4.79 Å². The van der Waals surface area contributed by atoms with Gasteiger partial charge in [0.2, 0.25) is 0 Å². The molecule has 1 unspecified atom stereocenters. The Hall–Kier alpha value is -2.44. The van der Waals surface area contributed by atoms with Crippen LogP contribution in [0.3, 0.4) is 0 Å². The zero-order valence-electron chi connectivity index (χ0n) is 15.4. The van der Waals surface area contributed by atoms with Gasteiger partial charge in [0.25, 0.3) is 11.5 Å². The molecular weight excluding hydrogens is 330 g/mol. The zero-order chi connectivity index (χ0) is 18.3. The predicted octanol–water partition coefficient (Wildman–Crippen LogP) is 1.77. The highest BCUT2D eigenvalue weighted by Gasteiger charge is 2.32. The number of rotatable bonds is 3. The second-order valence-electron chi connectivity index (χ2n) is 7.45. The van der Waals surface area contributed by atoms with E-state index in [0.717, 1.165) is 61.2 Å². The maximum absolute atomic E-state index is 13.0. The summed E-state index contributed by atoms with van der Waals surface area (Å²) >= 11 is 0. The largest absolute Gasteiger partial charge is 0.334 e. The number of carbonyl (C=O) groups excluding carboxylic acids is 1. The number of hydrogen-bond donors (Lipinski definition) is 1. The van der Waals surface area contributed by atoms with Gasteiger partial charge in [-0.25, -0.2) is 4.68 Å². The van der Waals surface area contributed by atoms with Crippen molar-refractivity contribution in [3.63, 3.8) is 0 Å². The number of aromatic amines is 1. The van der Waals surface area contributed by atoms with Crippen LogP contribution in [0.2, 0.25) is 0 Å². The zero-order valence-corrected chi connectivity index (χ0v) is 15.4. The molecule has 1 aliphatic carbocycles. The van der Waals surface area contributed by atoms with Gasteiger partial charge in [-0.3, -0.25) is 14.7 Å². The molecule has 0 bridgehead atoms. The van der Waals surface area contributed by atoms with Crippen molar-refractivity contribution in [2.24, 2.45) is 0 Å². The molecule has 0 saturated carbocycles. The Kier molecular flexibility index (Phi) is 4.38. The van der Waals surface area contributed by atoms with Gasteiger partial charge in [-0.2, -0.15) is 10.2 Å². The van der Waals surface area contributed by atoms with Crippen LogP contribution < -0.4 is 5.56 Å². The van der Waals surface area contributed by atoms with Crippen LogP contribution in [0.1, 0.15) is 58.7 Å². The van der Waals surface area contributed by atoms with E-state index in [-0.39, 0.29) is 17.5 Å². The van der Waals surface area contributed by atoms with E-state index in [2.05, 4.69) is 15.3 Å². The van der Waals surface area contributed by atoms with Gasteiger partial charge in [0, 0.05) is 18.3 Å². The van der Waals surface area contributed by atoms with Crippen LogP contribution in [-0.4, -0.2) is 43.4 Å². The van der Waals surface area contributed by atoms with Gasteiger partial charge >= 0.3 is 0 Å². The molecule has 1 saturated heterocycles. The predicted molar refractivity (Wildman–Crippen MR) is 97.3 cm³/mol. The van der Waals surface area contributed by atoms with Gasteiger partial charge in [0.15, 0.2) is 0 Å². The van der Waals surface area contributed by atoms with Crippen LogP contribution in [0, 0.1) is 13.8 Å². The lowest BCUT2D eigenvalue weighted by molar-refractivity contribution is 0.0719. The van der Waals surface area contributed by atoms with Crippen molar-refractivity contribution in [2.45, 2.75) is 65.0 Å². The number of nitrogens with one attached hydrogen (secondary N) is 1. The van der Waals surface area contributed by atoms with E-state index < -0.39 is 0 Å². The number of H-pyrrole nitrogens is 1. The fourth-order valence-corrected chi connectivity index (χ4v) is 4.23. The number of hydrogen-bond acceptors (Lipinski definition) is 4. The SMILES string of the molecule is Cc1n[nH]c(C)c1C(=O)N1CCCC1Cn1nc2c(cc1=O)CCCC2. The molecule has 1 N–H and O–H groups in total. The first kappa shape index (κ1) is 17.0. The molecule has 1 aliphatic heterocycles. The van der Waals surface area contributed by atoms with Gasteiger partial charge in [-0.15, -0.1) is 0 Å². The summed E-state index contributed by atoms with van der Waals surface area (Å²) in [5, 5.41) is 11.6. The number of fused-ring (bicyclic) bond motifs is 1. The molecule has 7 heteroatoms. The summed E-state index contributed by atoms with van der Waals surface area (Å²) in [6, 6.07) is 1.75. The molecule has 4 rings (SSSR count). The summed E-state index contributed by atoms with van der Waals surface area (Å²) in [5.41, 5.74) is 4.27. The fourth-order valence-electron chi connectivity index (χ4n) is 4.23. The van der Waals surface area contributed by atoms with Crippen LogP contribution in [0.15, 0.2) is 10.9 Å². The number of nitrogens with zero attached hydrogens (tertiary/aromatic N) is 4. The van der Waals surface area contributed by atoms with E-state index in [1.54, 1.807) is 10.7 Å². The van der Waals surface area contributed by atoms with Crippen molar-refractivity contribution in [3.05, 3.63) is 44.6 Å². The van der Waals surface area contributed by atoms with Gasteiger partial charge in [0.1, 0.15) is 0 Å². The lowest BCUT2D eigenvalue weighted by atomic mass is 9.97. The van der Waals surface area contributed by atoms with Crippen molar-refractivity contribution in [2.75, 3.05) is 6.54 Å². The van der Waals surface area contributed by atoms with Crippen LogP contribution in [-0.2, 0) is 19.4 Å². The normalized spacial score (nSPS) is 19.6. The smallest absolute Gasteiger partial charge is 0.267 e. The first-order valence-corrected chi connectivity index (χ1v) is 9.47. The van der Waals surface area contributed by atoms with Crippen molar-refractivity contribution >= 4 is 5.91 Å². The minimum absolute atomic E-state index is 0.00209. The van der Waals surface area contributed by atoms with E-state index in [9.17, 15) is 9.59 Å². The minimum Gasteiger partial charge on any atom is -0.334 e. The molecule has 3 heterocycles. The molecule has 2 aromatic rings. The Morgan fingerprint density at radius 3 is 2.85 bits per heavy atom. The van der Waals surface area contributed by atoms with E-state index in [0.29, 0.717) is 18.7 Å². The first-order chi connectivity index (χ1) is 12.5. The van der Waals surface area contributed by atoms with E-state index >= 15 is 0 Å². The maximum Gasteiger partial charge on any atom is 0.267 e. The molecule has 1 atom stereocenters. The van der Waals surface area contributed by atoms with Crippen molar-refractivity contribution in [1.82, 2.24) is 24.9 Å². The molecule has 138 valence electrons. The highest BCUT2D eigenvalue weighted by molar-refractivity contribution is 5.96. The first-order valence-electron chi connectivity index (χ1n) is 9.47. The highest BCUT2D eigenvalue weighted by Crippen LogP contribution is 2.24. The Morgan fingerprint density at radius 2 is 2.08 bits per heavy atom. The van der Waals surface area contributed by atoms with Crippen LogP contribution in [0.4, 0.5) is 0 Å². The molecule has 0 aromatic carbocycles. The Morgan fingerprint density at radius 1 is 1.27 bits per heavy atom. The second kappa shape index (κ2) is 6.70. The summed E-state index contributed by atoms with van der Waals surface area (Å²) in [7, 11) is 0. The average molecular weight is 355 g/mol. The van der Waals surface area contributed by atoms with Gasteiger partial charge in [-0.1, -0.05) is 0 Å². The van der Waals surface area contributed by atoms with Gasteiger partial charge in [0.05, 0.1) is 29.5 Å². The summed E-state index contributed by atoms with van der Waals surface area (Å²) in [6.07, 6.45) is 6.00. The molecule has 0 radical (unpaired) electrons. The van der Waals surface area contributed by atoms with Crippen molar-refractivity contribution in [1.29, 1.82) is 0 Å². The van der Waals surface area contributed by atoms with Crippen LogP contribution in [0.5, 0.6) is 0 Å². The molecule has 7 nitrogen and oxygen atoms in total. The Labute approximate surface area is 152 Å². The maximum atomic E-state index is 13.0. The summed E-state index contributed by atoms with van der Waals surface area (Å²) in [6.45, 7) is 4.90.